The number of carbonyl (C=O) groups is 3. The van der Waals surface area contributed by atoms with Crippen molar-refractivity contribution < 1.29 is 29.2 Å². The predicted octanol–water partition coefficient (Wildman–Crippen LogP) is 2.62. The fourth-order valence-corrected chi connectivity index (χ4v) is 5.51. The third-order valence-corrected chi connectivity index (χ3v) is 7.83. The molecule has 2 amide bonds. The number of rotatable bonds is 15. The van der Waals surface area contributed by atoms with Gasteiger partial charge >= 0.3 is 5.97 Å². The van der Waals surface area contributed by atoms with E-state index in [0.717, 1.165) is 10.5 Å². The number of nitrogens with one attached hydrogen (secondary N) is 1. The number of benzene rings is 1. The largest absolute Gasteiger partial charge is 0.479 e. The molecule has 0 saturated carbocycles. The van der Waals surface area contributed by atoms with Crippen LogP contribution in [-0.2, 0) is 25.4 Å². The maximum atomic E-state index is 13.0. The Balaban J connectivity index is 2.99. The Bertz CT molecular complexity index is 862. The van der Waals surface area contributed by atoms with Crippen LogP contribution in [0.15, 0.2) is 30.3 Å². The van der Waals surface area contributed by atoms with Gasteiger partial charge in [-0.3, -0.25) is 15.3 Å². The quantitative estimate of drug-likeness (QED) is 0.209. The Kier molecular flexibility index (Phi) is 12.1. The lowest BCUT2D eigenvalue weighted by Crippen LogP contribution is -2.58. The monoisotopic (exact) mass is 511 g/mol. The Morgan fingerprint density at radius 3 is 2.20 bits per heavy atom. The van der Waals surface area contributed by atoms with E-state index < -0.39 is 37.3 Å². The molecule has 5 N–H and O–H groups in total. The van der Waals surface area contributed by atoms with Gasteiger partial charge < -0.3 is 25.0 Å². The average molecular weight is 512 g/mol. The van der Waals surface area contributed by atoms with Gasteiger partial charge in [-0.1, -0.05) is 44.2 Å². The van der Waals surface area contributed by atoms with Gasteiger partial charge in [-0.25, -0.2) is 4.79 Å². The first-order valence-corrected chi connectivity index (χ1v) is 13.2. The van der Waals surface area contributed by atoms with Crippen LogP contribution in [0.1, 0.15) is 65.4 Å². The molecule has 10 heteroatoms. The molecule has 9 nitrogen and oxygen atoms in total. The van der Waals surface area contributed by atoms with Gasteiger partial charge in [-0.15, -0.1) is 0 Å². The summed E-state index contributed by atoms with van der Waals surface area (Å²) < 4.78 is 12.5. The van der Waals surface area contributed by atoms with Crippen molar-refractivity contribution in [2.75, 3.05) is 7.05 Å². The van der Waals surface area contributed by atoms with E-state index in [1.165, 1.54) is 7.05 Å². The molecule has 0 aliphatic heterocycles. The summed E-state index contributed by atoms with van der Waals surface area (Å²) in [4.78, 5) is 38.8. The van der Waals surface area contributed by atoms with Crippen LogP contribution < -0.4 is 11.1 Å². The topological polar surface area (TPSA) is 150 Å². The molecule has 0 aromatic heterocycles. The van der Waals surface area contributed by atoms with Gasteiger partial charge in [0.1, 0.15) is 8.46 Å². The van der Waals surface area contributed by atoms with Crippen molar-refractivity contribution in [2.45, 2.75) is 83.3 Å². The number of aryl methyl sites for hydroxylation is 1. The molecule has 3 unspecified atom stereocenters. The van der Waals surface area contributed by atoms with E-state index in [-0.39, 0.29) is 43.6 Å². The van der Waals surface area contributed by atoms with Crippen LogP contribution >= 0.6 is 8.46 Å². The Labute approximate surface area is 209 Å². The first-order valence-electron chi connectivity index (χ1n) is 12.1. The lowest BCUT2D eigenvalue weighted by Gasteiger charge is -2.42. The number of likely N-dealkylation sites (N-methyl/N-ethyl adjacent to an activating group) is 1. The molecule has 0 saturated heterocycles. The summed E-state index contributed by atoms with van der Waals surface area (Å²) in [6.45, 7) is 7.11. The number of nitrogens with two attached hydrogens (primary N) is 1. The molecular weight excluding hydrogens is 469 g/mol. The van der Waals surface area contributed by atoms with E-state index in [0.29, 0.717) is 12.8 Å². The smallest absolute Gasteiger partial charge is 0.337 e. The van der Waals surface area contributed by atoms with Gasteiger partial charge in [-0.05, 0) is 57.4 Å². The molecule has 1 rings (SSSR count). The zero-order chi connectivity index (χ0) is 26.8. The van der Waals surface area contributed by atoms with Crippen molar-refractivity contribution in [1.29, 1.82) is 0 Å². The van der Waals surface area contributed by atoms with Crippen molar-refractivity contribution in [2.24, 2.45) is 17.6 Å². The highest BCUT2D eigenvalue weighted by Gasteiger charge is 2.51. The van der Waals surface area contributed by atoms with E-state index in [4.69, 9.17) is 5.73 Å². The molecule has 0 aliphatic rings. The van der Waals surface area contributed by atoms with Crippen LogP contribution in [-0.4, -0.2) is 57.0 Å². The fourth-order valence-electron chi connectivity index (χ4n) is 4.38. The highest BCUT2D eigenvalue weighted by Crippen LogP contribution is 2.43. The summed E-state index contributed by atoms with van der Waals surface area (Å²) in [6.07, 6.45) is 1.66. The minimum absolute atomic E-state index is 0.104. The van der Waals surface area contributed by atoms with Gasteiger partial charge in [0.2, 0.25) is 5.91 Å². The molecule has 0 fully saturated rings. The summed E-state index contributed by atoms with van der Waals surface area (Å²) in [5.74, 6) is -3.31. The van der Waals surface area contributed by atoms with Crippen LogP contribution in [0, 0.1) is 11.8 Å². The number of hydrogen-bond donors (Lipinski definition) is 4. The molecule has 198 valence electrons. The van der Waals surface area contributed by atoms with Crippen LogP contribution in [0.4, 0.5) is 0 Å². The molecule has 1 aromatic rings. The maximum absolute atomic E-state index is 13.0. The Hall–Kier alpha value is -2.22. The first kappa shape index (κ1) is 30.8. The van der Waals surface area contributed by atoms with Crippen molar-refractivity contribution in [1.82, 2.24) is 10.2 Å². The molecule has 0 heterocycles. The lowest BCUT2D eigenvalue weighted by atomic mass is 9.82. The predicted molar refractivity (Wildman–Crippen MR) is 138 cm³/mol. The Morgan fingerprint density at radius 2 is 1.71 bits per heavy atom. The second-order valence-electron chi connectivity index (χ2n) is 9.84. The van der Waals surface area contributed by atoms with Crippen molar-refractivity contribution >= 4 is 26.2 Å². The number of carbonyl (C=O) groups excluding carboxylic acids is 2. The van der Waals surface area contributed by atoms with E-state index in [9.17, 15) is 29.2 Å². The molecule has 0 aliphatic carbocycles. The van der Waals surface area contributed by atoms with Crippen molar-refractivity contribution in [3.63, 3.8) is 0 Å². The second kappa shape index (κ2) is 13.8. The highest BCUT2D eigenvalue weighted by atomic mass is 31.1. The molecule has 0 radical (unpaired) electrons. The summed E-state index contributed by atoms with van der Waals surface area (Å²) in [5, 5.41) is 21.3. The summed E-state index contributed by atoms with van der Waals surface area (Å²) >= 11 is 0. The fraction of sp³-hybridized carbons (Fsp3) is 0.640. The van der Waals surface area contributed by atoms with Crippen LogP contribution in [0.5, 0.6) is 0 Å². The van der Waals surface area contributed by atoms with E-state index in [2.05, 4.69) is 5.32 Å². The summed E-state index contributed by atoms with van der Waals surface area (Å²) in [5.41, 5.74) is 4.76. The zero-order valence-electron chi connectivity index (χ0n) is 21.5. The Morgan fingerprint density at radius 1 is 1.11 bits per heavy atom. The third-order valence-electron chi connectivity index (χ3n) is 6.41. The van der Waals surface area contributed by atoms with Gasteiger partial charge in [0, 0.05) is 25.4 Å². The number of aliphatic hydroxyl groups is 1. The minimum atomic E-state index is -2.11. The molecule has 0 spiro atoms. The molecule has 4 atom stereocenters. The minimum Gasteiger partial charge on any atom is -0.479 e. The van der Waals surface area contributed by atoms with Crippen LogP contribution in [0.2, 0.25) is 0 Å². The standard InChI is InChI=1S/C25H42N3O6P/c1-17(2)20(14-10-16-24(26,33)22(30)27-18(3)4)25(35-34,23(31)32)28(5)21(29)15-9-13-19-11-7-6-8-12-19/h6-8,11-12,17-18,20,33H,9-10,13-16,26,35H2,1-5H3,(H,27,30)(H,31,32)/t20?,24?,25-/m1/s1. The van der Waals surface area contributed by atoms with Gasteiger partial charge in [-0.2, -0.15) is 0 Å². The molecular formula is C25H42N3O6P. The van der Waals surface area contributed by atoms with Crippen LogP contribution in [0.3, 0.4) is 0 Å². The zero-order valence-corrected chi connectivity index (χ0v) is 22.6. The van der Waals surface area contributed by atoms with E-state index >= 15 is 0 Å². The summed E-state index contributed by atoms with van der Waals surface area (Å²) in [7, 11) is -0.500. The third kappa shape index (κ3) is 8.44. The number of nitrogens with zero attached hydrogens (tertiary/aromatic N) is 1. The number of carboxylic acid groups (broad SMARTS) is 1. The summed E-state index contributed by atoms with van der Waals surface area (Å²) in [6, 6.07) is 9.48. The first-order chi connectivity index (χ1) is 16.3. The maximum Gasteiger partial charge on any atom is 0.337 e. The SMILES string of the molecule is CC(C)NC(=O)C(N)(O)CCCC(C(C)C)[C@@]([PH2]=O)(C(=O)O)N(C)C(=O)CCCc1ccccc1. The number of hydrogen-bond acceptors (Lipinski definition) is 6. The number of aliphatic carboxylic acids is 1. The van der Waals surface area contributed by atoms with Crippen LogP contribution in [0.25, 0.3) is 0 Å². The van der Waals surface area contributed by atoms with Crippen molar-refractivity contribution in [3.05, 3.63) is 35.9 Å². The molecule has 1 aromatic carbocycles. The molecule has 0 bridgehead atoms. The van der Waals surface area contributed by atoms with Crippen molar-refractivity contribution in [3.8, 4) is 0 Å². The second-order valence-corrected chi connectivity index (χ2v) is 11.0. The normalized spacial score (nSPS) is 16.1. The highest BCUT2D eigenvalue weighted by molar-refractivity contribution is 7.27. The number of amides is 2. The van der Waals surface area contributed by atoms with E-state index in [1.54, 1.807) is 13.8 Å². The average Bonchev–Trinajstić information content (AvgIpc) is 2.78. The molecule has 35 heavy (non-hydrogen) atoms. The van der Waals surface area contributed by atoms with Gasteiger partial charge in [0.25, 0.3) is 5.91 Å². The van der Waals surface area contributed by atoms with Gasteiger partial charge in [0.05, 0.1) is 0 Å². The van der Waals surface area contributed by atoms with Gasteiger partial charge in [0.15, 0.2) is 11.0 Å². The number of carboxylic acids is 1. The lowest BCUT2D eigenvalue weighted by molar-refractivity contribution is -0.156. The van der Waals surface area contributed by atoms with E-state index in [1.807, 2.05) is 44.2 Å².